The van der Waals surface area contributed by atoms with Crippen LogP contribution >= 0.6 is 0 Å². The zero-order valence-corrected chi connectivity index (χ0v) is 17.5. The second kappa shape index (κ2) is 8.74. The fourth-order valence-corrected chi connectivity index (χ4v) is 4.36. The normalized spacial score (nSPS) is 19.7. The first-order chi connectivity index (χ1) is 14.5. The standard InChI is InChI=1S/C24H28FNO4/c1-17-11-20(28-2)7-8-21(17)23(27)26-15-24(16-26)12-18(13-30-24)9-10-29-14-19-5-3-4-6-22(19)25/h3-8,11,18H,9-10,12-16H2,1-2H3. The Morgan fingerprint density at radius 1 is 1.27 bits per heavy atom. The largest absolute Gasteiger partial charge is 0.497 e. The van der Waals surface area contributed by atoms with Crippen molar-refractivity contribution in [2.24, 2.45) is 5.92 Å². The highest BCUT2D eigenvalue weighted by Gasteiger charge is 2.51. The molecule has 0 N–H and O–H groups in total. The molecule has 6 heteroatoms. The maximum Gasteiger partial charge on any atom is 0.254 e. The number of likely N-dealkylation sites (tertiary alicyclic amines) is 1. The Hall–Kier alpha value is -2.44. The van der Waals surface area contributed by atoms with E-state index in [1.807, 2.05) is 36.1 Å². The number of benzene rings is 2. The number of carbonyl (C=O) groups excluding carboxylic acids is 1. The minimum absolute atomic E-state index is 0.0426. The van der Waals surface area contributed by atoms with Crippen molar-refractivity contribution in [1.29, 1.82) is 0 Å². The van der Waals surface area contributed by atoms with Crippen molar-refractivity contribution in [1.82, 2.24) is 4.90 Å². The molecule has 0 aliphatic carbocycles. The van der Waals surface area contributed by atoms with Crippen LogP contribution in [0.3, 0.4) is 0 Å². The molecule has 2 heterocycles. The molecule has 0 radical (unpaired) electrons. The van der Waals surface area contributed by atoms with Crippen LogP contribution in [0.2, 0.25) is 0 Å². The fraction of sp³-hybridized carbons (Fsp3) is 0.458. The smallest absolute Gasteiger partial charge is 0.254 e. The lowest BCUT2D eigenvalue weighted by atomic mass is 9.85. The van der Waals surface area contributed by atoms with Crippen molar-refractivity contribution in [3.8, 4) is 5.75 Å². The number of methoxy groups -OCH3 is 1. The van der Waals surface area contributed by atoms with Gasteiger partial charge in [0.05, 0.1) is 33.4 Å². The van der Waals surface area contributed by atoms with E-state index in [1.165, 1.54) is 6.07 Å². The van der Waals surface area contributed by atoms with E-state index < -0.39 is 0 Å². The van der Waals surface area contributed by atoms with Crippen molar-refractivity contribution in [3.63, 3.8) is 0 Å². The van der Waals surface area contributed by atoms with Gasteiger partial charge in [0.15, 0.2) is 0 Å². The molecule has 160 valence electrons. The Balaban J connectivity index is 1.22. The number of carbonyl (C=O) groups is 1. The molecule has 2 fully saturated rings. The van der Waals surface area contributed by atoms with Crippen LogP contribution in [0.5, 0.6) is 5.75 Å². The molecule has 4 rings (SSSR count). The van der Waals surface area contributed by atoms with Crippen molar-refractivity contribution in [2.75, 3.05) is 33.4 Å². The van der Waals surface area contributed by atoms with Crippen LogP contribution < -0.4 is 4.74 Å². The third kappa shape index (κ3) is 4.35. The average Bonchev–Trinajstić information content (AvgIpc) is 3.15. The van der Waals surface area contributed by atoms with Gasteiger partial charge in [-0.3, -0.25) is 4.79 Å². The summed E-state index contributed by atoms with van der Waals surface area (Å²) in [5, 5.41) is 0. The summed E-state index contributed by atoms with van der Waals surface area (Å²) < 4.78 is 30.6. The van der Waals surface area contributed by atoms with Crippen LogP contribution in [-0.2, 0) is 16.1 Å². The summed E-state index contributed by atoms with van der Waals surface area (Å²) in [7, 11) is 1.62. The van der Waals surface area contributed by atoms with E-state index in [4.69, 9.17) is 14.2 Å². The van der Waals surface area contributed by atoms with Crippen molar-refractivity contribution < 1.29 is 23.4 Å². The first kappa shape index (κ1) is 20.8. The van der Waals surface area contributed by atoms with Gasteiger partial charge in [0.25, 0.3) is 5.91 Å². The van der Waals surface area contributed by atoms with Gasteiger partial charge in [-0.2, -0.15) is 0 Å². The summed E-state index contributed by atoms with van der Waals surface area (Å²) in [5.41, 5.74) is 1.99. The molecule has 30 heavy (non-hydrogen) atoms. The summed E-state index contributed by atoms with van der Waals surface area (Å²) in [6.45, 7) is 4.73. The maximum absolute atomic E-state index is 13.6. The van der Waals surface area contributed by atoms with Gasteiger partial charge in [0.1, 0.15) is 17.2 Å². The predicted octanol–water partition coefficient (Wildman–Crippen LogP) is 3.98. The first-order valence-corrected chi connectivity index (χ1v) is 10.4. The highest BCUT2D eigenvalue weighted by atomic mass is 19.1. The Morgan fingerprint density at radius 2 is 2.07 bits per heavy atom. The lowest BCUT2D eigenvalue weighted by Gasteiger charge is -2.47. The van der Waals surface area contributed by atoms with Crippen LogP contribution in [0.4, 0.5) is 4.39 Å². The molecule has 2 aliphatic heterocycles. The minimum Gasteiger partial charge on any atom is -0.497 e. The summed E-state index contributed by atoms with van der Waals surface area (Å²) in [4.78, 5) is 14.7. The van der Waals surface area contributed by atoms with Gasteiger partial charge < -0.3 is 19.1 Å². The SMILES string of the molecule is COc1ccc(C(=O)N2CC3(CC(CCOCc4ccccc4F)CO3)C2)c(C)c1. The molecule has 2 aromatic rings. The van der Waals surface area contributed by atoms with E-state index in [9.17, 15) is 9.18 Å². The number of rotatable bonds is 7. The summed E-state index contributed by atoms with van der Waals surface area (Å²) >= 11 is 0. The van der Waals surface area contributed by atoms with Gasteiger partial charge in [-0.15, -0.1) is 0 Å². The topological polar surface area (TPSA) is 48.0 Å². The van der Waals surface area contributed by atoms with Gasteiger partial charge in [-0.25, -0.2) is 4.39 Å². The fourth-order valence-electron chi connectivity index (χ4n) is 4.36. The monoisotopic (exact) mass is 413 g/mol. The van der Waals surface area contributed by atoms with E-state index in [2.05, 4.69) is 0 Å². The van der Waals surface area contributed by atoms with E-state index >= 15 is 0 Å². The lowest BCUT2D eigenvalue weighted by Crippen LogP contribution is -2.63. The van der Waals surface area contributed by atoms with Gasteiger partial charge in [-0.05, 0) is 55.5 Å². The summed E-state index contributed by atoms with van der Waals surface area (Å²) in [5.74, 6) is 0.974. The van der Waals surface area contributed by atoms with Crippen molar-refractivity contribution in [2.45, 2.75) is 32.0 Å². The molecule has 1 unspecified atom stereocenters. The molecule has 0 saturated carbocycles. The number of halogens is 1. The third-order valence-electron chi connectivity index (χ3n) is 6.08. The van der Waals surface area contributed by atoms with Gasteiger partial charge in [0.2, 0.25) is 0 Å². The van der Waals surface area contributed by atoms with E-state index in [0.717, 1.165) is 24.2 Å². The Bertz CT molecular complexity index is 910. The minimum atomic E-state index is -0.230. The van der Waals surface area contributed by atoms with E-state index in [0.29, 0.717) is 43.3 Å². The highest BCUT2D eigenvalue weighted by molar-refractivity contribution is 5.96. The third-order valence-corrected chi connectivity index (χ3v) is 6.08. The molecular formula is C24H28FNO4. The molecule has 0 aromatic heterocycles. The zero-order valence-electron chi connectivity index (χ0n) is 17.5. The quantitative estimate of drug-likeness (QED) is 0.645. The summed E-state index contributed by atoms with van der Waals surface area (Å²) in [6, 6.07) is 12.2. The van der Waals surface area contributed by atoms with Crippen LogP contribution in [0, 0.1) is 18.7 Å². The van der Waals surface area contributed by atoms with E-state index in [1.54, 1.807) is 19.2 Å². The van der Waals surface area contributed by atoms with Crippen LogP contribution in [0.1, 0.15) is 34.3 Å². The molecule has 2 saturated heterocycles. The highest BCUT2D eigenvalue weighted by Crippen LogP contribution is 2.40. The van der Waals surface area contributed by atoms with Crippen molar-refractivity contribution >= 4 is 5.91 Å². The van der Waals surface area contributed by atoms with Crippen LogP contribution in [0.25, 0.3) is 0 Å². The van der Waals surface area contributed by atoms with E-state index in [-0.39, 0.29) is 23.9 Å². The number of nitrogens with zero attached hydrogens (tertiary/aromatic N) is 1. The number of hydrogen-bond acceptors (Lipinski definition) is 4. The molecule has 1 amide bonds. The lowest BCUT2D eigenvalue weighted by molar-refractivity contribution is -0.0950. The Morgan fingerprint density at radius 3 is 2.80 bits per heavy atom. The number of ether oxygens (including phenoxy) is 3. The molecule has 2 aliphatic rings. The molecule has 1 spiro atoms. The first-order valence-electron chi connectivity index (χ1n) is 10.4. The number of hydrogen-bond donors (Lipinski definition) is 0. The van der Waals surface area contributed by atoms with Crippen LogP contribution in [-0.4, -0.2) is 49.8 Å². The van der Waals surface area contributed by atoms with Crippen molar-refractivity contribution in [3.05, 3.63) is 65.0 Å². The average molecular weight is 413 g/mol. The number of aryl methyl sites for hydroxylation is 1. The Kier molecular flexibility index (Phi) is 6.06. The second-order valence-corrected chi connectivity index (χ2v) is 8.34. The summed E-state index contributed by atoms with van der Waals surface area (Å²) in [6.07, 6.45) is 1.81. The molecule has 1 atom stereocenters. The van der Waals surface area contributed by atoms with Gasteiger partial charge in [0, 0.05) is 17.7 Å². The zero-order chi connectivity index (χ0) is 21.1. The number of amides is 1. The molecule has 0 bridgehead atoms. The molecular weight excluding hydrogens is 385 g/mol. The predicted molar refractivity (Wildman–Crippen MR) is 111 cm³/mol. The second-order valence-electron chi connectivity index (χ2n) is 8.34. The van der Waals surface area contributed by atoms with Gasteiger partial charge >= 0.3 is 0 Å². The van der Waals surface area contributed by atoms with Gasteiger partial charge in [-0.1, -0.05) is 18.2 Å². The maximum atomic E-state index is 13.6. The molecule has 2 aromatic carbocycles. The van der Waals surface area contributed by atoms with Crippen LogP contribution in [0.15, 0.2) is 42.5 Å². The Labute approximate surface area is 176 Å². The molecule has 5 nitrogen and oxygen atoms in total.